The van der Waals surface area contributed by atoms with E-state index < -0.39 is 0 Å². The Balaban J connectivity index is 2.33. The van der Waals surface area contributed by atoms with E-state index in [2.05, 4.69) is 19.1 Å². The molecule has 1 heteroatoms. The van der Waals surface area contributed by atoms with Gasteiger partial charge >= 0.3 is 0 Å². The van der Waals surface area contributed by atoms with Gasteiger partial charge in [-0.15, -0.1) is 0 Å². The fraction of sp³-hybridized carbons (Fsp3) is 0.333. The molecule has 0 aromatic carbocycles. The molecule has 1 nitrogen and oxygen atoms in total. The van der Waals surface area contributed by atoms with E-state index >= 15 is 0 Å². The van der Waals surface area contributed by atoms with Crippen LogP contribution in [-0.4, -0.2) is 0 Å². The van der Waals surface area contributed by atoms with Crippen LogP contribution in [0.15, 0.2) is 35.8 Å². The minimum absolute atomic E-state index is 0.654. The number of ether oxygens (including phenoxy) is 1. The van der Waals surface area contributed by atoms with E-state index in [4.69, 9.17) is 4.74 Å². The van der Waals surface area contributed by atoms with Gasteiger partial charge in [0, 0.05) is 0 Å². The topological polar surface area (TPSA) is 9.23 Å². The Labute approximate surface area is 60.7 Å². The summed E-state index contributed by atoms with van der Waals surface area (Å²) >= 11 is 0. The van der Waals surface area contributed by atoms with Crippen molar-refractivity contribution in [3.05, 3.63) is 35.8 Å². The first-order valence-electron chi connectivity index (χ1n) is 3.61. The third kappa shape index (κ3) is 0.783. The normalized spacial score (nSPS) is 28.7. The van der Waals surface area contributed by atoms with Crippen LogP contribution >= 0.6 is 0 Å². The van der Waals surface area contributed by atoms with E-state index in [0.29, 0.717) is 5.92 Å². The van der Waals surface area contributed by atoms with Gasteiger partial charge in [-0.05, 0) is 30.1 Å². The monoisotopic (exact) mass is 134 g/mol. The van der Waals surface area contributed by atoms with Crippen molar-refractivity contribution in [1.82, 2.24) is 0 Å². The van der Waals surface area contributed by atoms with Gasteiger partial charge in [-0.3, -0.25) is 0 Å². The van der Waals surface area contributed by atoms with Crippen LogP contribution in [0.4, 0.5) is 0 Å². The minimum atomic E-state index is 0.654. The quantitative estimate of drug-likeness (QED) is 0.494. The molecule has 1 atom stereocenters. The molecule has 10 heavy (non-hydrogen) atoms. The zero-order valence-corrected chi connectivity index (χ0v) is 6.00. The average molecular weight is 134 g/mol. The van der Waals surface area contributed by atoms with Crippen molar-refractivity contribution in [3.63, 3.8) is 0 Å². The first-order valence-corrected chi connectivity index (χ1v) is 3.61. The molecule has 1 heterocycles. The largest absolute Gasteiger partial charge is 0.465 e. The summed E-state index contributed by atoms with van der Waals surface area (Å²) in [6.45, 7) is 2.20. The van der Waals surface area contributed by atoms with Crippen molar-refractivity contribution in [1.29, 1.82) is 0 Å². The summed E-state index contributed by atoms with van der Waals surface area (Å²) in [4.78, 5) is 0. The number of allylic oxidation sites excluding steroid dienone is 4. The predicted molar refractivity (Wildman–Crippen MR) is 40.2 cm³/mol. The molecule has 0 aromatic heterocycles. The maximum Gasteiger partial charge on any atom is 0.126 e. The second kappa shape index (κ2) is 2.01. The molecule has 2 aliphatic rings. The maximum absolute atomic E-state index is 5.28. The molecule has 0 saturated carbocycles. The molecule has 52 valence electrons. The van der Waals surface area contributed by atoms with Gasteiger partial charge in [0.1, 0.15) is 5.76 Å². The Bertz CT molecular complexity index is 233. The van der Waals surface area contributed by atoms with Crippen LogP contribution in [0.5, 0.6) is 0 Å². The van der Waals surface area contributed by atoms with Crippen LogP contribution in [-0.2, 0) is 4.74 Å². The summed E-state index contributed by atoms with van der Waals surface area (Å²) in [5, 5.41) is 0. The fourth-order valence-corrected chi connectivity index (χ4v) is 1.41. The molecule has 1 unspecified atom stereocenters. The zero-order chi connectivity index (χ0) is 6.97. The molecule has 0 spiro atoms. The third-order valence-electron chi connectivity index (χ3n) is 1.87. The van der Waals surface area contributed by atoms with E-state index in [1.165, 1.54) is 5.57 Å². The summed E-state index contributed by atoms with van der Waals surface area (Å²) in [5.74, 6) is 1.72. The van der Waals surface area contributed by atoms with Crippen LogP contribution in [0.2, 0.25) is 0 Å². The smallest absolute Gasteiger partial charge is 0.126 e. The van der Waals surface area contributed by atoms with E-state index in [1.54, 1.807) is 6.26 Å². The highest BCUT2D eigenvalue weighted by molar-refractivity contribution is 5.37. The average Bonchev–Trinajstić information content (AvgIpc) is 2.27. The Hall–Kier alpha value is -0.980. The molecule has 0 bridgehead atoms. The Kier molecular flexibility index (Phi) is 1.16. The van der Waals surface area contributed by atoms with Gasteiger partial charge in [0.05, 0.1) is 6.26 Å². The first kappa shape index (κ1) is 5.78. The standard InChI is InChI=1S/C9H10O/c1-7-5-8-3-2-4-10-9(8)6-7/h2-4,6-7H,5H2,1H3. The molecule has 0 N–H and O–H groups in total. The lowest BCUT2D eigenvalue weighted by Crippen LogP contribution is -1.89. The highest BCUT2D eigenvalue weighted by Crippen LogP contribution is 2.31. The SMILES string of the molecule is CC1C=C2OC=CC=C2C1. The van der Waals surface area contributed by atoms with Crippen molar-refractivity contribution in [2.75, 3.05) is 0 Å². The van der Waals surface area contributed by atoms with Gasteiger partial charge in [0.2, 0.25) is 0 Å². The van der Waals surface area contributed by atoms with E-state index in [9.17, 15) is 0 Å². The number of hydrogen-bond donors (Lipinski definition) is 0. The lowest BCUT2D eigenvalue weighted by molar-refractivity contribution is 0.359. The third-order valence-corrected chi connectivity index (χ3v) is 1.87. The second-order valence-corrected chi connectivity index (χ2v) is 2.85. The molecular formula is C9H10O. The van der Waals surface area contributed by atoms with Crippen LogP contribution in [0.25, 0.3) is 0 Å². The molecule has 0 radical (unpaired) electrons. The van der Waals surface area contributed by atoms with Gasteiger partial charge < -0.3 is 4.74 Å². The predicted octanol–water partition coefficient (Wildman–Crippen LogP) is 2.38. The van der Waals surface area contributed by atoms with E-state index in [0.717, 1.165) is 12.2 Å². The van der Waals surface area contributed by atoms with Crippen LogP contribution in [0, 0.1) is 5.92 Å². The Morgan fingerprint density at radius 3 is 3.30 bits per heavy atom. The molecule has 0 aromatic rings. The van der Waals surface area contributed by atoms with Gasteiger partial charge in [0.15, 0.2) is 0 Å². The number of rotatable bonds is 0. The van der Waals surface area contributed by atoms with E-state index in [-0.39, 0.29) is 0 Å². The summed E-state index contributed by atoms with van der Waals surface area (Å²) in [6.07, 6.45) is 9.12. The molecule has 0 saturated heterocycles. The highest BCUT2D eigenvalue weighted by Gasteiger charge is 2.18. The first-order chi connectivity index (χ1) is 4.86. The van der Waals surface area contributed by atoms with Crippen molar-refractivity contribution < 1.29 is 4.74 Å². The fourth-order valence-electron chi connectivity index (χ4n) is 1.41. The summed E-state index contributed by atoms with van der Waals surface area (Å²) in [6, 6.07) is 0. The molecule has 1 aliphatic carbocycles. The summed E-state index contributed by atoms with van der Waals surface area (Å²) in [7, 11) is 0. The molecule has 0 fully saturated rings. The lowest BCUT2D eigenvalue weighted by atomic mass is 10.1. The van der Waals surface area contributed by atoms with E-state index in [1.807, 2.05) is 6.08 Å². The molecule has 0 amide bonds. The van der Waals surface area contributed by atoms with Gasteiger partial charge in [-0.2, -0.15) is 0 Å². The van der Waals surface area contributed by atoms with Crippen LogP contribution in [0.1, 0.15) is 13.3 Å². The molecular weight excluding hydrogens is 124 g/mol. The highest BCUT2D eigenvalue weighted by atomic mass is 16.5. The van der Waals surface area contributed by atoms with Gasteiger partial charge in [-0.25, -0.2) is 0 Å². The van der Waals surface area contributed by atoms with Crippen LogP contribution < -0.4 is 0 Å². The summed E-state index contributed by atoms with van der Waals surface area (Å²) in [5.41, 5.74) is 1.34. The second-order valence-electron chi connectivity index (χ2n) is 2.85. The molecule has 1 aliphatic heterocycles. The number of fused-ring (bicyclic) bond motifs is 1. The van der Waals surface area contributed by atoms with Crippen molar-refractivity contribution in [2.45, 2.75) is 13.3 Å². The summed E-state index contributed by atoms with van der Waals surface area (Å²) < 4.78 is 5.28. The minimum Gasteiger partial charge on any atom is -0.465 e. The van der Waals surface area contributed by atoms with Crippen LogP contribution in [0.3, 0.4) is 0 Å². The van der Waals surface area contributed by atoms with Crippen molar-refractivity contribution in [3.8, 4) is 0 Å². The molecule has 2 rings (SSSR count). The zero-order valence-electron chi connectivity index (χ0n) is 6.00. The van der Waals surface area contributed by atoms with Crippen molar-refractivity contribution >= 4 is 0 Å². The Morgan fingerprint density at radius 1 is 1.60 bits per heavy atom. The lowest BCUT2D eigenvalue weighted by Gasteiger charge is -2.06. The van der Waals surface area contributed by atoms with Gasteiger partial charge in [0.25, 0.3) is 0 Å². The maximum atomic E-state index is 5.28. The number of hydrogen-bond acceptors (Lipinski definition) is 1. The van der Waals surface area contributed by atoms with Crippen molar-refractivity contribution in [2.24, 2.45) is 5.92 Å². The Morgan fingerprint density at radius 2 is 2.50 bits per heavy atom. The van der Waals surface area contributed by atoms with Gasteiger partial charge in [-0.1, -0.05) is 13.0 Å².